The van der Waals surface area contributed by atoms with E-state index in [-0.39, 0.29) is 4.21 Å². The molecule has 0 radical (unpaired) electrons. The maximum absolute atomic E-state index is 12.1. The van der Waals surface area contributed by atoms with Crippen molar-refractivity contribution in [3.8, 4) is 5.88 Å². The third kappa shape index (κ3) is 3.47. The minimum Gasteiger partial charge on any atom is -0.478 e. The van der Waals surface area contributed by atoms with Crippen molar-refractivity contribution < 1.29 is 13.2 Å². The van der Waals surface area contributed by atoms with Crippen molar-refractivity contribution in [2.45, 2.75) is 17.7 Å². The van der Waals surface area contributed by atoms with Crippen molar-refractivity contribution in [3.05, 3.63) is 35.3 Å². The number of ether oxygens (including phenoxy) is 1. The van der Waals surface area contributed by atoms with Crippen LogP contribution in [0.3, 0.4) is 0 Å². The number of anilines is 1. The zero-order chi connectivity index (χ0) is 14.6. The van der Waals surface area contributed by atoms with E-state index < -0.39 is 10.0 Å². The van der Waals surface area contributed by atoms with Gasteiger partial charge in [0.15, 0.2) is 0 Å². The molecule has 0 amide bonds. The molecule has 0 spiro atoms. The maximum Gasteiger partial charge on any atom is 0.271 e. The minimum absolute atomic E-state index is 0.229. The Morgan fingerprint density at radius 2 is 2.15 bits per heavy atom. The van der Waals surface area contributed by atoms with Gasteiger partial charge in [-0.2, -0.15) is 0 Å². The SMILES string of the molecule is CCOc1ccc(NS(=O)(=O)c2ccc(CN)s2)cn1. The van der Waals surface area contributed by atoms with Crippen LogP contribution >= 0.6 is 11.3 Å². The quantitative estimate of drug-likeness (QED) is 0.848. The minimum atomic E-state index is -3.60. The predicted molar refractivity (Wildman–Crippen MR) is 78.4 cm³/mol. The summed E-state index contributed by atoms with van der Waals surface area (Å²) < 4.78 is 32.2. The average Bonchev–Trinajstić information content (AvgIpc) is 2.91. The van der Waals surface area contributed by atoms with Gasteiger partial charge in [-0.05, 0) is 25.1 Å². The molecule has 0 aliphatic rings. The molecule has 8 heteroatoms. The fraction of sp³-hybridized carbons (Fsp3) is 0.250. The Bertz CT molecular complexity index is 666. The van der Waals surface area contributed by atoms with Gasteiger partial charge >= 0.3 is 0 Å². The second-order valence-corrected chi connectivity index (χ2v) is 6.93. The predicted octanol–water partition coefficient (Wildman–Crippen LogP) is 1.80. The zero-order valence-electron chi connectivity index (χ0n) is 10.9. The number of nitrogens with zero attached hydrogens (tertiary/aromatic N) is 1. The van der Waals surface area contributed by atoms with Gasteiger partial charge in [-0.1, -0.05) is 0 Å². The van der Waals surface area contributed by atoms with Crippen LogP contribution in [0.25, 0.3) is 0 Å². The molecule has 0 unspecified atom stereocenters. The molecule has 0 saturated carbocycles. The molecule has 108 valence electrons. The first-order valence-corrected chi connectivity index (χ1v) is 8.25. The van der Waals surface area contributed by atoms with Gasteiger partial charge in [0.25, 0.3) is 10.0 Å². The van der Waals surface area contributed by atoms with Crippen LogP contribution in [0.4, 0.5) is 5.69 Å². The summed E-state index contributed by atoms with van der Waals surface area (Å²) in [5, 5.41) is 0. The summed E-state index contributed by atoms with van der Waals surface area (Å²) in [5.74, 6) is 0.456. The first-order valence-electron chi connectivity index (χ1n) is 5.95. The molecule has 0 aliphatic heterocycles. The van der Waals surface area contributed by atoms with Crippen molar-refractivity contribution in [2.24, 2.45) is 5.73 Å². The molecule has 2 heterocycles. The molecule has 6 nitrogen and oxygen atoms in total. The molecule has 20 heavy (non-hydrogen) atoms. The summed E-state index contributed by atoms with van der Waals surface area (Å²) >= 11 is 1.15. The molecular formula is C12H15N3O3S2. The molecule has 0 bridgehead atoms. The van der Waals surface area contributed by atoms with E-state index >= 15 is 0 Å². The number of hydrogen-bond donors (Lipinski definition) is 2. The Balaban J connectivity index is 2.15. The van der Waals surface area contributed by atoms with Gasteiger partial charge in [0.1, 0.15) is 4.21 Å². The monoisotopic (exact) mass is 313 g/mol. The molecule has 3 N–H and O–H groups in total. The molecule has 0 atom stereocenters. The molecule has 2 aromatic rings. The van der Waals surface area contributed by atoms with E-state index in [2.05, 4.69) is 9.71 Å². The Morgan fingerprint density at radius 3 is 2.70 bits per heavy atom. The normalized spacial score (nSPS) is 11.3. The third-order valence-electron chi connectivity index (χ3n) is 2.38. The largest absolute Gasteiger partial charge is 0.478 e. The lowest BCUT2D eigenvalue weighted by Crippen LogP contribution is -2.11. The highest BCUT2D eigenvalue weighted by molar-refractivity contribution is 7.94. The van der Waals surface area contributed by atoms with Crippen LogP contribution in [-0.2, 0) is 16.6 Å². The Labute approximate surface area is 121 Å². The first kappa shape index (κ1) is 14.8. The van der Waals surface area contributed by atoms with Crippen LogP contribution < -0.4 is 15.2 Å². The lowest BCUT2D eigenvalue weighted by molar-refractivity contribution is 0.327. The number of thiophene rings is 1. The van der Waals surface area contributed by atoms with Crippen molar-refractivity contribution >= 4 is 27.0 Å². The lowest BCUT2D eigenvalue weighted by atomic mass is 10.4. The second-order valence-electron chi connectivity index (χ2n) is 3.85. The number of nitrogens with two attached hydrogens (primary N) is 1. The van der Waals surface area contributed by atoms with Crippen molar-refractivity contribution in [3.63, 3.8) is 0 Å². The van der Waals surface area contributed by atoms with Gasteiger partial charge in [0.2, 0.25) is 5.88 Å². The average molecular weight is 313 g/mol. The van der Waals surface area contributed by atoms with Crippen LogP contribution in [-0.4, -0.2) is 20.0 Å². The molecule has 0 saturated heterocycles. The fourth-order valence-corrected chi connectivity index (χ4v) is 3.77. The van der Waals surface area contributed by atoms with Gasteiger partial charge in [0, 0.05) is 17.5 Å². The summed E-state index contributed by atoms with van der Waals surface area (Å²) in [6, 6.07) is 6.46. The number of sulfonamides is 1. The van der Waals surface area contributed by atoms with E-state index in [0.717, 1.165) is 16.2 Å². The van der Waals surface area contributed by atoms with Crippen molar-refractivity contribution in [1.82, 2.24) is 4.98 Å². The second kappa shape index (κ2) is 6.21. The molecule has 2 rings (SSSR count). The molecule has 0 aromatic carbocycles. The summed E-state index contributed by atoms with van der Waals surface area (Å²) in [7, 11) is -3.60. The van der Waals surface area contributed by atoms with Crippen molar-refractivity contribution in [2.75, 3.05) is 11.3 Å². The van der Waals surface area contributed by atoms with Crippen LogP contribution in [0, 0.1) is 0 Å². The van der Waals surface area contributed by atoms with Gasteiger partial charge in [0.05, 0.1) is 18.5 Å². The van der Waals surface area contributed by atoms with E-state index in [9.17, 15) is 8.42 Å². The van der Waals surface area contributed by atoms with E-state index in [0.29, 0.717) is 24.7 Å². The van der Waals surface area contributed by atoms with Crippen LogP contribution in [0.2, 0.25) is 0 Å². The van der Waals surface area contributed by atoms with Crippen molar-refractivity contribution in [1.29, 1.82) is 0 Å². The van der Waals surface area contributed by atoms with Gasteiger partial charge < -0.3 is 10.5 Å². The zero-order valence-corrected chi connectivity index (χ0v) is 12.5. The molecule has 0 fully saturated rings. The van der Waals surface area contributed by atoms with E-state index in [4.69, 9.17) is 10.5 Å². The van der Waals surface area contributed by atoms with E-state index in [1.165, 1.54) is 12.3 Å². The Kier molecular flexibility index (Phi) is 4.58. The lowest BCUT2D eigenvalue weighted by Gasteiger charge is -2.07. The van der Waals surface area contributed by atoms with Gasteiger partial charge in [-0.3, -0.25) is 4.72 Å². The van der Waals surface area contributed by atoms with Gasteiger partial charge in [-0.25, -0.2) is 13.4 Å². The van der Waals surface area contributed by atoms with E-state index in [1.807, 2.05) is 6.92 Å². The third-order valence-corrected chi connectivity index (χ3v) is 5.36. The Morgan fingerprint density at radius 1 is 1.35 bits per heavy atom. The standard InChI is InChI=1S/C12H15N3O3S2/c1-2-18-11-5-3-9(8-14-11)15-20(16,17)12-6-4-10(7-13)19-12/h3-6,8,15H,2,7,13H2,1H3. The summed E-state index contributed by atoms with van der Waals surface area (Å²) in [5.41, 5.74) is 5.86. The molecule has 2 aromatic heterocycles. The maximum atomic E-state index is 12.1. The summed E-state index contributed by atoms with van der Waals surface area (Å²) in [4.78, 5) is 4.82. The number of aromatic nitrogens is 1. The van der Waals surface area contributed by atoms with Crippen LogP contribution in [0.15, 0.2) is 34.7 Å². The fourth-order valence-electron chi connectivity index (χ4n) is 1.49. The number of pyridine rings is 1. The number of hydrogen-bond acceptors (Lipinski definition) is 6. The topological polar surface area (TPSA) is 94.3 Å². The first-order chi connectivity index (χ1) is 9.55. The number of rotatable bonds is 6. The number of nitrogens with one attached hydrogen (secondary N) is 1. The summed E-state index contributed by atoms with van der Waals surface area (Å²) in [6.45, 7) is 2.68. The highest BCUT2D eigenvalue weighted by Crippen LogP contribution is 2.24. The Hall–Kier alpha value is -1.64. The molecular weight excluding hydrogens is 298 g/mol. The highest BCUT2D eigenvalue weighted by Gasteiger charge is 2.16. The summed E-state index contributed by atoms with van der Waals surface area (Å²) in [6.07, 6.45) is 1.42. The smallest absolute Gasteiger partial charge is 0.271 e. The van der Waals surface area contributed by atoms with E-state index in [1.54, 1.807) is 18.2 Å². The van der Waals surface area contributed by atoms with Crippen LogP contribution in [0.5, 0.6) is 5.88 Å². The van der Waals surface area contributed by atoms with Gasteiger partial charge in [-0.15, -0.1) is 11.3 Å². The van der Waals surface area contributed by atoms with Crippen LogP contribution in [0.1, 0.15) is 11.8 Å². The molecule has 0 aliphatic carbocycles. The highest BCUT2D eigenvalue weighted by atomic mass is 32.2.